The first-order chi connectivity index (χ1) is 16.1. The number of hydrogen-bond donors (Lipinski definition) is 0. The first kappa shape index (κ1) is 19.2. The monoisotopic (exact) mass is 478 g/mol. The molecular weight excluding hydrogens is 461 g/mol. The number of aromatic nitrogens is 4. The molecule has 0 unspecified atom stereocenters. The Labute approximate surface area is 199 Å². The average molecular weight is 479 g/mol. The van der Waals surface area contributed by atoms with Gasteiger partial charge >= 0.3 is 0 Å². The second-order valence-electron chi connectivity index (χ2n) is 8.79. The van der Waals surface area contributed by atoms with Gasteiger partial charge in [-0.15, -0.1) is 22.7 Å². The van der Waals surface area contributed by atoms with Crippen LogP contribution in [0.2, 0.25) is 13.1 Å². The standard InChI is InChI=1S/C26H18N4S2Si/c1-33(2)22-14-21(16-6-4-8-19-24(16)30-12-10-28-19)31-25(22)17-13-20(32-26(17)33)15-5-3-7-18-23(15)29-11-9-27-18/h3-14H,1-2H3. The molecule has 4 nitrogen and oxygen atoms in total. The summed E-state index contributed by atoms with van der Waals surface area (Å²) in [7, 11) is -1.78. The molecule has 4 aromatic heterocycles. The van der Waals surface area contributed by atoms with Crippen LogP contribution < -0.4 is 9.69 Å². The molecule has 7 heteroatoms. The summed E-state index contributed by atoms with van der Waals surface area (Å²) in [6.07, 6.45) is 7.08. The third-order valence-corrected chi connectivity index (χ3v) is 13.8. The quantitative estimate of drug-likeness (QED) is 0.294. The lowest BCUT2D eigenvalue weighted by molar-refractivity contribution is 1.30. The lowest BCUT2D eigenvalue weighted by Crippen LogP contribution is -2.47. The van der Waals surface area contributed by atoms with Crippen LogP contribution in [0.1, 0.15) is 0 Å². The second-order valence-corrected chi connectivity index (χ2v) is 15.5. The summed E-state index contributed by atoms with van der Waals surface area (Å²) in [5, 5.41) is 1.54. The largest absolute Gasteiger partial charge is 0.253 e. The first-order valence-corrected chi connectivity index (χ1v) is 15.4. The summed E-state index contributed by atoms with van der Waals surface area (Å²) in [5.41, 5.74) is 7.58. The topological polar surface area (TPSA) is 51.6 Å². The van der Waals surface area contributed by atoms with Gasteiger partial charge in [0, 0.05) is 60.6 Å². The molecule has 0 aliphatic carbocycles. The molecule has 33 heavy (non-hydrogen) atoms. The molecule has 6 aromatic rings. The van der Waals surface area contributed by atoms with Gasteiger partial charge in [-0.1, -0.05) is 37.4 Å². The molecule has 0 N–H and O–H groups in total. The predicted octanol–water partition coefficient (Wildman–Crippen LogP) is 5.83. The van der Waals surface area contributed by atoms with E-state index < -0.39 is 8.07 Å². The van der Waals surface area contributed by atoms with E-state index in [0.717, 1.165) is 22.1 Å². The fraction of sp³-hybridized carbons (Fsp3) is 0.0769. The van der Waals surface area contributed by atoms with E-state index in [-0.39, 0.29) is 0 Å². The van der Waals surface area contributed by atoms with Crippen molar-refractivity contribution in [2.24, 2.45) is 0 Å². The van der Waals surface area contributed by atoms with Crippen LogP contribution in [0.4, 0.5) is 0 Å². The van der Waals surface area contributed by atoms with Crippen LogP contribution in [0.25, 0.3) is 53.4 Å². The van der Waals surface area contributed by atoms with Crippen LogP contribution in [0.15, 0.2) is 73.3 Å². The van der Waals surface area contributed by atoms with Crippen molar-refractivity contribution in [2.75, 3.05) is 0 Å². The van der Waals surface area contributed by atoms with Gasteiger partial charge in [-0.25, -0.2) is 0 Å². The van der Waals surface area contributed by atoms with Gasteiger partial charge in [0.1, 0.15) is 8.07 Å². The first-order valence-electron chi connectivity index (χ1n) is 10.8. The van der Waals surface area contributed by atoms with Crippen molar-refractivity contribution >= 4 is 62.5 Å². The third-order valence-electron chi connectivity index (χ3n) is 6.48. The van der Waals surface area contributed by atoms with E-state index in [2.05, 4.69) is 69.4 Å². The number of hydrogen-bond acceptors (Lipinski definition) is 6. The van der Waals surface area contributed by atoms with Crippen molar-refractivity contribution < 1.29 is 0 Å². The van der Waals surface area contributed by atoms with E-state index in [4.69, 9.17) is 0 Å². The van der Waals surface area contributed by atoms with Crippen LogP contribution >= 0.6 is 22.7 Å². The number of benzene rings is 2. The minimum Gasteiger partial charge on any atom is -0.253 e. The summed E-state index contributed by atoms with van der Waals surface area (Å²) < 4.78 is 1.56. The molecule has 0 atom stereocenters. The zero-order valence-electron chi connectivity index (χ0n) is 18.0. The molecule has 0 radical (unpaired) electrons. The molecule has 0 spiro atoms. The zero-order valence-corrected chi connectivity index (χ0v) is 20.7. The maximum absolute atomic E-state index is 4.64. The highest BCUT2D eigenvalue weighted by atomic mass is 32.1. The van der Waals surface area contributed by atoms with E-state index in [1.807, 2.05) is 34.8 Å². The molecule has 0 fully saturated rings. The molecule has 0 saturated heterocycles. The average Bonchev–Trinajstić information content (AvgIpc) is 3.52. The Morgan fingerprint density at radius 2 is 1.21 bits per heavy atom. The Balaban J connectivity index is 1.41. The van der Waals surface area contributed by atoms with E-state index in [9.17, 15) is 0 Å². The summed E-state index contributed by atoms with van der Waals surface area (Å²) in [6.45, 7) is 4.94. The second kappa shape index (κ2) is 6.87. The molecule has 0 bridgehead atoms. The summed E-state index contributed by atoms with van der Waals surface area (Å²) >= 11 is 3.83. The smallest absolute Gasteiger partial charge is 0.127 e. The van der Waals surface area contributed by atoms with Gasteiger partial charge < -0.3 is 0 Å². The molecule has 1 aliphatic heterocycles. The highest BCUT2D eigenvalue weighted by molar-refractivity contribution is 7.35. The predicted molar refractivity (Wildman–Crippen MR) is 141 cm³/mol. The van der Waals surface area contributed by atoms with Gasteiger partial charge in [-0.05, 0) is 29.5 Å². The number of fused-ring (bicyclic) bond motifs is 5. The molecule has 0 saturated carbocycles. The Hall–Kier alpha value is -3.26. The summed E-state index contributed by atoms with van der Waals surface area (Å²) in [6, 6.07) is 17.4. The van der Waals surface area contributed by atoms with E-state index in [0.29, 0.717) is 0 Å². The molecule has 7 rings (SSSR count). The van der Waals surface area contributed by atoms with E-state index >= 15 is 0 Å². The van der Waals surface area contributed by atoms with Gasteiger partial charge in [-0.3, -0.25) is 19.9 Å². The minimum atomic E-state index is -1.78. The van der Waals surface area contributed by atoms with Crippen molar-refractivity contribution in [1.29, 1.82) is 0 Å². The molecule has 1 aliphatic rings. The Kier molecular flexibility index (Phi) is 4.00. The highest BCUT2D eigenvalue weighted by Gasteiger charge is 2.41. The Bertz CT molecular complexity index is 1580. The summed E-state index contributed by atoms with van der Waals surface area (Å²) in [4.78, 5) is 22.3. The van der Waals surface area contributed by atoms with Gasteiger partial charge in [0.25, 0.3) is 0 Å². The maximum atomic E-state index is 4.64. The fourth-order valence-electron chi connectivity index (χ4n) is 4.85. The van der Waals surface area contributed by atoms with Crippen LogP contribution in [-0.2, 0) is 0 Å². The number of nitrogens with zero attached hydrogens (tertiary/aromatic N) is 4. The number of rotatable bonds is 2. The molecule has 2 aromatic carbocycles. The van der Waals surface area contributed by atoms with Gasteiger partial charge in [-0.2, -0.15) is 0 Å². The lowest BCUT2D eigenvalue weighted by atomic mass is 10.1. The Morgan fingerprint density at radius 3 is 1.85 bits per heavy atom. The van der Waals surface area contributed by atoms with Crippen LogP contribution in [-0.4, -0.2) is 28.0 Å². The normalized spacial score (nSPS) is 14.0. The Morgan fingerprint density at radius 1 is 0.636 bits per heavy atom. The number of thiophene rings is 2. The molecular formula is C26H18N4S2Si. The van der Waals surface area contributed by atoms with Crippen molar-refractivity contribution in [3.8, 4) is 31.3 Å². The van der Waals surface area contributed by atoms with Crippen molar-refractivity contribution in [3.63, 3.8) is 0 Å². The lowest BCUT2D eigenvalue weighted by Gasteiger charge is -2.15. The number of para-hydroxylation sites is 2. The van der Waals surface area contributed by atoms with Crippen LogP contribution in [0.5, 0.6) is 0 Å². The summed E-state index contributed by atoms with van der Waals surface area (Å²) in [5.74, 6) is 0. The van der Waals surface area contributed by atoms with Crippen LogP contribution in [0, 0.1) is 0 Å². The molecule has 158 valence electrons. The molecule has 0 amide bonds. The van der Waals surface area contributed by atoms with Gasteiger partial charge in [0.05, 0.1) is 22.1 Å². The highest BCUT2D eigenvalue weighted by Crippen LogP contribution is 2.44. The maximum Gasteiger partial charge on any atom is 0.127 e. The van der Waals surface area contributed by atoms with Crippen molar-refractivity contribution in [1.82, 2.24) is 19.9 Å². The molecule has 5 heterocycles. The van der Waals surface area contributed by atoms with Crippen LogP contribution in [0.3, 0.4) is 0 Å². The van der Waals surface area contributed by atoms with Gasteiger partial charge in [0.15, 0.2) is 0 Å². The zero-order chi connectivity index (χ0) is 22.2. The third kappa shape index (κ3) is 2.73. The van der Waals surface area contributed by atoms with Crippen molar-refractivity contribution in [3.05, 3.63) is 73.3 Å². The van der Waals surface area contributed by atoms with Crippen molar-refractivity contribution in [2.45, 2.75) is 13.1 Å². The van der Waals surface area contributed by atoms with E-state index in [1.54, 1.807) is 29.3 Å². The van der Waals surface area contributed by atoms with Gasteiger partial charge in [0.2, 0.25) is 0 Å². The minimum absolute atomic E-state index is 0.940. The van der Waals surface area contributed by atoms with E-state index in [1.165, 1.54) is 36.5 Å². The SMILES string of the molecule is C[Si]1(C)c2cc(-c3cccc4nccnc34)sc2-c2cc(-c3cccc4nccnc34)sc21. The fourth-order valence-corrected chi connectivity index (χ4v) is 12.1.